The summed E-state index contributed by atoms with van der Waals surface area (Å²) in [5.74, 6) is -1.16. The number of carbonyl (C=O) groups is 2. The van der Waals surface area contributed by atoms with Gasteiger partial charge in [0, 0.05) is 34.1 Å². The molecule has 0 saturated heterocycles. The summed E-state index contributed by atoms with van der Waals surface area (Å²) < 4.78 is 49.1. The van der Waals surface area contributed by atoms with Crippen molar-refractivity contribution in [3.05, 3.63) is 107 Å². The highest BCUT2D eigenvalue weighted by molar-refractivity contribution is 5.91. The van der Waals surface area contributed by atoms with Crippen LogP contribution in [0.2, 0.25) is 0 Å². The SMILES string of the molecule is C=CC1(c2cc(C(=O)OC)ccc2-c2cc(OC)ncc2F)CCCC1.COC(=O)c1ccc(-c2cc(OC)ncc2F)c(C2(CO)CCCC2)c1. The quantitative estimate of drug-likeness (QED) is 0.128. The van der Waals surface area contributed by atoms with Crippen molar-refractivity contribution in [2.75, 3.05) is 35.0 Å². The molecule has 0 aliphatic heterocycles. The normalized spacial score (nSPS) is 15.6. The Morgan fingerprint density at radius 3 is 1.58 bits per heavy atom. The molecule has 0 amide bonds. The Morgan fingerprint density at radius 1 is 0.712 bits per heavy atom. The molecule has 274 valence electrons. The van der Waals surface area contributed by atoms with Crippen LogP contribution >= 0.6 is 0 Å². The molecule has 2 saturated carbocycles. The molecule has 0 spiro atoms. The van der Waals surface area contributed by atoms with E-state index in [0.717, 1.165) is 80.5 Å². The average Bonchev–Trinajstić information content (AvgIpc) is 3.89. The summed E-state index contributed by atoms with van der Waals surface area (Å²) in [5.41, 5.74) is 3.77. The Bertz CT molecular complexity index is 1930. The van der Waals surface area contributed by atoms with Gasteiger partial charge in [-0.1, -0.05) is 43.9 Å². The molecule has 1 N–H and O–H groups in total. The smallest absolute Gasteiger partial charge is 0.337 e. The number of hydrogen-bond acceptors (Lipinski definition) is 9. The van der Waals surface area contributed by atoms with Gasteiger partial charge in [-0.3, -0.25) is 0 Å². The van der Waals surface area contributed by atoms with Crippen molar-refractivity contribution < 1.29 is 42.4 Å². The van der Waals surface area contributed by atoms with Crippen LogP contribution in [0.1, 0.15) is 83.2 Å². The number of rotatable bonds is 10. The number of aliphatic hydroxyl groups is 1. The molecule has 0 atom stereocenters. The zero-order valence-electron chi connectivity index (χ0n) is 30.0. The molecule has 9 nitrogen and oxygen atoms in total. The largest absolute Gasteiger partial charge is 0.481 e. The number of benzene rings is 2. The predicted octanol–water partition coefficient (Wildman–Crippen LogP) is 8.17. The first-order chi connectivity index (χ1) is 25.1. The van der Waals surface area contributed by atoms with Crippen LogP contribution in [-0.2, 0) is 20.3 Å². The summed E-state index contributed by atoms with van der Waals surface area (Å²) in [4.78, 5) is 31.8. The summed E-state index contributed by atoms with van der Waals surface area (Å²) in [6.07, 6.45) is 11.7. The van der Waals surface area contributed by atoms with E-state index in [1.165, 1.54) is 34.5 Å². The van der Waals surface area contributed by atoms with Gasteiger partial charge in [-0.15, -0.1) is 6.58 Å². The van der Waals surface area contributed by atoms with Crippen LogP contribution in [0.15, 0.2) is 73.6 Å². The molecular weight excluding hydrogens is 670 g/mol. The van der Waals surface area contributed by atoms with E-state index in [0.29, 0.717) is 39.6 Å². The Balaban J connectivity index is 0.000000201. The van der Waals surface area contributed by atoms with Crippen molar-refractivity contribution >= 4 is 11.9 Å². The first-order valence-corrected chi connectivity index (χ1v) is 17.2. The van der Waals surface area contributed by atoms with Gasteiger partial charge in [-0.2, -0.15) is 0 Å². The summed E-state index contributed by atoms with van der Waals surface area (Å²) in [6, 6.07) is 13.4. The van der Waals surface area contributed by atoms with Crippen LogP contribution in [-0.4, -0.2) is 62.1 Å². The Labute approximate surface area is 302 Å². The highest BCUT2D eigenvalue weighted by Gasteiger charge is 2.38. The van der Waals surface area contributed by atoms with E-state index in [4.69, 9.17) is 18.9 Å². The number of hydrogen-bond donors (Lipinski definition) is 1. The Hall–Kier alpha value is -5.16. The number of nitrogens with zero attached hydrogens (tertiary/aromatic N) is 2. The second kappa shape index (κ2) is 16.5. The molecule has 6 rings (SSSR count). The number of halogens is 2. The van der Waals surface area contributed by atoms with Crippen LogP contribution in [0.25, 0.3) is 22.3 Å². The summed E-state index contributed by atoms with van der Waals surface area (Å²) in [6.45, 7) is 3.97. The molecule has 2 aliphatic rings. The first kappa shape index (κ1) is 38.1. The molecule has 0 radical (unpaired) electrons. The lowest BCUT2D eigenvalue weighted by Gasteiger charge is -2.30. The van der Waals surface area contributed by atoms with E-state index in [-0.39, 0.29) is 12.0 Å². The summed E-state index contributed by atoms with van der Waals surface area (Å²) in [7, 11) is 5.63. The maximum Gasteiger partial charge on any atom is 0.337 e. The molecule has 0 unspecified atom stereocenters. The van der Waals surface area contributed by atoms with E-state index in [1.54, 1.807) is 42.5 Å². The minimum absolute atomic E-state index is 0.0610. The van der Waals surface area contributed by atoms with Crippen molar-refractivity contribution in [1.82, 2.24) is 9.97 Å². The zero-order valence-corrected chi connectivity index (χ0v) is 30.0. The predicted molar refractivity (Wildman–Crippen MR) is 193 cm³/mol. The van der Waals surface area contributed by atoms with Gasteiger partial charge in [0.05, 0.1) is 58.6 Å². The van der Waals surface area contributed by atoms with Gasteiger partial charge in [-0.05, 0) is 72.2 Å². The van der Waals surface area contributed by atoms with Crippen molar-refractivity contribution in [2.24, 2.45) is 0 Å². The van der Waals surface area contributed by atoms with E-state index in [9.17, 15) is 23.5 Å². The molecule has 2 heterocycles. The number of aliphatic hydroxyl groups excluding tert-OH is 1. The van der Waals surface area contributed by atoms with Crippen molar-refractivity contribution in [1.29, 1.82) is 0 Å². The fourth-order valence-electron chi connectivity index (χ4n) is 7.53. The van der Waals surface area contributed by atoms with Crippen LogP contribution in [0.4, 0.5) is 8.78 Å². The summed E-state index contributed by atoms with van der Waals surface area (Å²) >= 11 is 0. The van der Waals surface area contributed by atoms with Gasteiger partial charge in [0.25, 0.3) is 0 Å². The number of esters is 2. The topological polar surface area (TPSA) is 117 Å². The number of allylic oxidation sites excluding steroid dienone is 1. The van der Waals surface area contributed by atoms with Crippen molar-refractivity contribution in [3.8, 4) is 34.0 Å². The average molecular weight is 715 g/mol. The molecule has 52 heavy (non-hydrogen) atoms. The van der Waals surface area contributed by atoms with Gasteiger partial charge in [-0.25, -0.2) is 28.3 Å². The van der Waals surface area contributed by atoms with Gasteiger partial charge in [0.15, 0.2) is 0 Å². The fourth-order valence-corrected chi connectivity index (χ4v) is 7.53. The highest BCUT2D eigenvalue weighted by atomic mass is 19.1. The lowest BCUT2D eigenvalue weighted by atomic mass is 9.75. The van der Waals surface area contributed by atoms with Gasteiger partial charge >= 0.3 is 11.9 Å². The zero-order chi connectivity index (χ0) is 37.5. The van der Waals surface area contributed by atoms with E-state index in [2.05, 4.69) is 16.5 Å². The van der Waals surface area contributed by atoms with Crippen LogP contribution in [0, 0.1) is 11.6 Å². The third-order valence-electron chi connectivity index (χ3n) is 10.4. The monoisotopic (exact) mass is 714 g/mol. The molecular formula is C41H44F2N2O7. The fraction of sp³-hybridized carbons (Fsp3) is 0.366. The van der Waals surface area contributed by atoms with Gasteiger partial charge in [0.1, 0.15) is 11.6 Å². The molecule has 2 aromatic heterocycles. The number of carbonyl (C=O) groups excluding carboxylic acids is 2. The molecule has 2 aliphatic carbocycles. The lowest BCUT2D eigenvalue weighted by Crippen LogP contribution is -2.28. The first-order valence-electron chi connectivity index (χ1n) is 17.2. The van der Waals surface area contributed by atoms with Crippen LogP contribution < -0.4 is 9.47 Å². The standard InChI is InChI=1S/C21H22FNO3.C20H22FNO4/c1-4-21(9-5-6-10-21)17-11-14(20(24)26-3)7-8-15(17)16-12-19(25-2)23-13-18(16)22;1-25-18-10-15(17(21)11-22-18)14-6-5-13(19(24)26-2)9-16(14)20(12-23)7-3-4-8-20/h4,7-8,11-13H,1,5-6,9-10H2,2-3H3;5-6,9-11,23H,3-4,7-8,12H2,1-2H3. The Kier molecular flexibility index (Phi) is 12.1. The molecule has 2 fully saturated rings. The number of aromatic nitrogens is 2. The third-order valence-corrected chi connectivity index (χ3v) is 10.4. The molecule has 0 bridgehead atoms. The molecule has 2 aromatic carbocycles. The van der Waals surface area contributed by atoms with Gasteiger partial charge in [0.2, 0.25) is 11.8 Å². The minimum Gasteiger partial charge on any atom is -0.481 e. The second-order valence-electron chi connectivity index (χ2n) is 13.1. The summed E-state index contributed by atoms with van der Waals surface area (Å²) in [5, 5.41) is 10.2. The number of ether oxygens (including phenoxy) is 4. The number of pyridine rings is 2. The van der Waals surface area contributed by atoms with E-state index in [1.807, 2.05) is 6.08 Å². The van der Waals surface area contributed by atoms with Gasteiger partial charge < -0.3 is 24.1 Å². The van der Waals surface area contributed by atoms with E-state index >= 15 is 0 Å². The van der Waals surface area contributed by atoms with Crippen molar-refractivity contribution in [2.45, 2.75) is 62.2 Å². The second-order valence-corrected chi connectivity index (χ2v) is 13.1. The highest BCUT2D eigenvalue weighted by Crippen LogP contribution is 2.47. The lowest BCUT2D eigenvalue weighted by molar-refractivity contribution is 0.0591. The van der Waals surface area contributed by atoms with E-state index < -0.39 is 29.0 Å². The number of methoxy groups -OCH3 is 4. The van der Waals surface area contributed by atoms with Crippen molar-refractivity contribution in [3.63, 3.8) is 0 Å². The maximum absolute atomic E-state index is 14.6. The third kappa shape index (κ3) is 7.55. The molecule has 11 heteroatoms. The molecule has 4 aromatic rings. The van der Waals surface area contributed by atoms with Crippen LogP contribution in [0.5, 0.6) is 11.8 Å². The maximum atomic E-state index is 14.6. The van der Waals surface area contributed by atoms with Crippen LogP contribution in [0.3, 0.4) is 0 Å². The minimum atomic E-state index is -0.498. The Morgan fingerprint density at radius 2 is 1.15 bits per heavy atom.